The number of hydrogen-bond donors (Lipinski definition) is 1. The van der Waals surface area contributed by atoms with Gasteiger partial charge in [0, 0.05) is 38.0 Å². The van der Waals surface area contributed by atoms with Crippen LogP contribution in [0, 0.1) is 5.82 Å². The smallest absolute Gasteiger partial charge is 0.131 e. The van der Waals surface area contributed by atoms with Crippen molar-refractivity contribution in [2.45, 2.75) is 37.5 Å². The quantitative estimate of drug-likeness (QED) is 0.920. The average molecular weight is 281 g/mol. The first-order chi connectivity index (χ1) is 9.72. The Labute approximate surface area is 118 Å². The van der Waals surface area contributed by atoms with Crippen molar-refractivity contribution in [1.82, 2.24) is 0 Å². The first-order valence-electron chi connectivity index (χ1n) is 7.08. The summed E-state index contributed by atoms with van der Waals surface area (Å²) >= 11 is 0. The second kappa shape index (κ2) is 5.68. The van der Waals surface area contributed by atoms with Crippen molar-refractivity contribution in [3.05, 3.63) is 29.6 Å². The Balaban J connectivity index is 1.73. The molecule has 5 heteroatoms. The lowest BCUT2D eigenvalue weighted by molar-refractivity contribution is -0.112. The normalized spacial score (nSPS) is 29.8. The zero-order valence-corrected chi connectivity index (χ0v) is 11.4. The summed E-state index contributed by atoms with van der Waals surface area (Å²) in [4.78, 5) is 0. The molecule has 0 aliphatic carbocycles. The Kier molecular flexibility index (Phi) is 3.92. The zero-order valence-electron chi connectivity index (χ0n) is 11.4. The van der Waals surface area contributed by atoms with Gasteiger partial charge in [0.15, 0.2) is 0 Å². The molecule has 0 radical (unpaired) electrons. The third-order valence-corrected chi connectivity index (χ3v) is 4.09. The molecule has 0 bridgehead atoms. The number of halogens is 1. The van der Waals surface area contributed by atoms with Crippen molar-refractivity contribution in [2.75, 3.05) is 19.8 Å². The van der Waals surface area contributed by atoms with Gasteiger partial charge in [0.1, 0.15) is 17.7 Å². The molecular weight excluding hydrogens is 261 g/mol. The molecule has 2 unspecified atom stereocenters. The topological polar surface area (TPSA) is 53.7 Å². The second-order valence-corrected chi connectivity index (χ2v) is 5.49. The molecule has 2 fully saturated rings. The minimum atomic E-state index is -0.309. The number of benzene rings is 1. The first-order valence-corrected chi connectivity index (χ1v) is 7.08. The predicted molar refractivity (Wildman–Crippen MR) is 72.1 cm³/mol. The zero-order chi connectivity index (χ0) is 14.0. The van der Waals surface area contributed by atoms with Gasteiger partial charge >= 0.3 is 0 Å². The molecule has 2 aliphatic rings. The summed E-state index contributed by atoms with van der Waals surface area (Å²) < 4.78 is 31.0. The highest BCUT2D eigenvalue weighted by Crippen LogP contribution is 2.35. The molecule has 2 saturated heterocycles. The number of hydrogen-bond acceptors (Lipinski definition) is 4. The van der Waals surface area contributed by atoms with Gasteiger partial charge < -0.3 is 19.9 Å². The largest absolute Gasteiger partial charge is 0.490 e. The maximum absolute atomic E-state index is 13.7. The predicted octanol–water partition coefficient (Wildman–Crippen LogP) is 2.00. The van der Waals surface area contributed by atoms with E-state index in [2.05, 4.69) is 0 Å². The first kappa shape index (κ1) is 13.8. The van der Waals surface area contributed by atoms with Crippen LogP contribution in [0.3, 0.4) is 0 Å². The van der Waals surface area contributed by atoms with E-state index in [1.807, 2.05) is 0 Å². The fourth-order valence-corrected chi connectivity index (χ4v) is 2.97. The molecule has 0 amide bonds. The van der Waals surface area contributed by atoms with Crippen molar-refractivity contribution < 1.29 is 18.6 Å². The SMILES string of the molecule is NCc1c(F)cccc1OC1CCOC2(CCOC2)C1. The van der Waals surface area contributed by atoms with Crippen LogP contribution in [0.15, 0.2) is 18.2 Å². The van der Waals surface area contributed by atoms with Gasteiger partial charge in [0.25, 0.3) is 0 Å². The van der Waals surface area contributed by atoms with Crippen molar-refractivity contribution in [3.63, 3.8) is 0 Å². The molecule has 2 aliphatic heterocycles. The Morgan fingerprint density at radius 2 is 2.30 bits per heavy atom. The van der Waals surface area contributed by atoms with E-state index in [9.17, 15) is 4.39 Å². The highest BCUT2D eigenvalue weighted by atomic mass is 19.1. The van der Waals surface area contributed by atoms with E-state index in [0.29, 0.717) is 24.5 Å². The second-order valence-electron chi connectivity index (χ2n) is 5.49. The highest BCUT2D eigenvalue weighted by Gasteiger charge is 2.41. The fraction of sp³-hybridized carbons (Fsp3) is 0.600. The lowest BCUT2D eigenvalue weighted by atomic mass is 9.91. The number of nitrogens with two attached hydrogens (primary N) is 1. The monoisotopic (exact) mass is 281 g/mol. The van der Waals surface area contributed by atoms with E-state index >= 15 is 0 Å². The van der Waals surface area contributed by atoms with Crippen molar-refractivity contribution in [1.29, 1.82) is 0 Å². The summed E-state index contributed by atoms with van der Waals surface area (Å²) in [7, 11) is 0. The Bertz CT molecular complexity index is 474. The summed E-state index contributed by atoms with van der Waals surface area (Å²) in [6.07, 6.45) is 2.52. The maximum Gasteiger partial charge on any atom is 0.131 e. The van der Waals surface area contributed by atoms with E-state index in [4.69, 9.17) is 19.9 Å². The molecule has 1 spiro atoms. The van der Waals surface area contributed by atoms with Crippen molar-refractivity contribution in [3.8, 4) is 5.75 Å². The van der Waals surface area contributed by atoms with E-state index in [1.165, 1.54) is 6.07 Å². The van der Waals surface area contributed by atoms with Crippen molar-refractivity contribution in [2.24, 2.45) is 5.73 Å². The van der Waals surface area contributed by atoms with Crippen LogP contribution >= 0.6 is 0 Å². The van der Waals surface area contributed by atoms with Crippen molar-refractivity contribution >= 4 is 0 Å². The standard InChI is InChI=1S/C15H20FNO3/c16-13-2-1-3-14(12(13)9-17)20-11-4-6-19-15(8-11)5-7-18-10-15/h1-3,11H,4-10,17H2. The molecular formula is C15H20FNO3. The van der Waals surface area contributed by atoms with Gasteiger partial charge in [0.2, 0.25) is 0 Å². The van der Waals surface area contributed by atoms with Crippen LogP contribution < -0.4 is 10.5 Å². The van der Waals surface area contributed by atoms with Crippen LogP contribution in [0.2, 0.25) is 0 Å². The van der Waals surface area contributed by atoms with Crippen LogP contribution in [0.1, 0.15) is 24.8 Å². The molecule has 20 heavy (non-hydrogen) atoms. The highest BCUT2D eigenvalue weighted by molar-refractivity contribution is 5.34. The number of rotatable bonds is 3. The molecule has 1 aromatic rings. The van der Waals surface area contributed by atoms with E-state index in [0.717, 1.165) is 25.9 Å². The Morgan fingerprint density at radius 3 is 3.05 bits per heavy atom. The maximum atomic E-state index is 13.7. The molecule has 110 valence electrons. The van der Waals surface area contributed by atoms with E-state index in [-0.39, 0.29) is 24.1 Å². The Morgan fingerprint density at radius 1 is 1.40 bits per heavy atom. The Hall–Kier alpha value is -1.17. The van der Waals surface area contributed by atoms with E-state index in [1.54, 1.807) is 12.1 Å². The van der Waals surface area contributed by atoms with Gasteiger partial charge in [-0.3, -0.25) is 0 Å². The third-order valence-electron chi connectivity index (χ3n) is 4.09. The summed E-state index contributed by atoms with van der Waals surface area (Å²) in [5.74, 6) is 0.240. The molecule has 2 heterocycles. The minimum Gasteiger partial charge on any atom is -0.490 e. The van der Waals surface area contributed by atoms with Crippen LogP contribution in [-0.4, -0.2) is 31.5 Å². The van der Waals surface area contributed by atoms with Crippen LogP contribution in [-0.2, 0) is 16.0 Å². The van der Waals surface area contributed by atoms with Gasteiger partial charge in [-0.2, -0.15) is 0 Å². The molecule has 2 N–H and O–H groups in total. The van der Waals surface area contributed by atoms with Crippen LogP contribution in [0.5, 0.6) is 5.75 Å². The molecule has 3 rings (SSSR count). The molecule has 2 atom stereocenters. The summed E-state index contributed by atoms with van der Waals surface area (Å²) in [5, 5.41) is 0. The summed E-state index contributed by atoms with van der Waals surface area (Å²) in [5.41, 5.74) is 5.84. The van der Waals surface area contributed by atoms with Gasteiger partial charge in [0.05, 0.1) is 18.8 Å². The minimum absolute atomic E-state index is 0.0255. The number of ether oxygens (including phenoxy) is 3. The lowest BCUT2D eigenvalue weighted by Gasteiger charge is -2.37. The van der Waals surface area contributed by atoms with Gasteiger partial charge in [-0.05, 0) is 12.1 Å². The third kappa shape index (κ3) is 2.66. The molecule has 0 saturated carbocycles. The average Bonchev–Trinajstić information content (AvgIpc) is 2.87. The lowest BCUT2D eigenvalue weighted by Crippen LogP contribution is -2.44. The molecule has 1 aromatic carbocycles. The fourth-order valence-electron chi connectivity index (χ4n) is 2.97. The van der Waals surface area contributed by atoms with E-state index < -0.39 is 0 Å². The molecule has 0 aromatic heterocycles. The summed E-state index contributed by atoms with van der Waals surface area (Å²) in [6, 6.07) is 4.83. The van der Waals surface area contributed by atoms with Gasteiger partial charge in [-0.25, -0.2) is 4.39 Å². The van der Waals surface area contributed by atoms with Gasteiger partial charge in [-0.1, -0.05) is 6.07 Å². The van der Waals surface area contributed by atoms with Crippen LogP contribution in [0.25, 0.3) is 0 Å². The molecule has 4 nitrogen and oxygen atoms in total. The summed E-state index contributed by atoms with van der Waals surface area (Å²) in [6.45, 7) is 2.15. The van der Waals surface area contributed by atoms with Crippen LogP contribution in [0.4, 0.5) is 4.39 Å². The van der Waals surface area contributed by atoms with Gasteiger partial charge in [-0.15, -0.1) is 0 Å².